The van der Waals surface area contributed by atoms with Crippen molar-refractivity contribution in [1.82, 2.24) is 0 Å². The molecule has 30 heavy (non-hydrogen) atoms. The van der Waals surface area contributed by atoms with E-state index < -0.39 is 0 Å². The van der Waals surface area contributed by atoms with Gasteiger partial charge in [0.15, 0.2) is 0 Å². The number of hydrogen-bond acceptors (Lipinski definition) is 3. The fraction of sp³-hybridized carbons (Fsp3) is 0.500. The van der Waals surface area contributed by atoms with E-state index in [1.165, 1.54) is 48.4 Å². The average Bonchev–Trinajstić information content (AvgIpc) is 2.96. The monoisotopic (exact) mass is 405 g/mol. The van der Waals surface area contributed by atoms with Crippen molar-refractivity contribution in [3.8, 4) is 0 Å². The van der Waals surface area contributed by atoms with Crippen LogP contribution in [0.1, 0.15) is 30.4 Å². The largest absolute Gasteiger partial charge is 0.469 e. The second-order valence-electron chi connectivity index (χ2n) is 9.42. The first-order valence-corrected chi connectivity index (χ1v) is 11.6. The van der Waals surface area contributed by atoms with Crippen LogP contribution in [0, 0.1) is 11.8 Å². The van der Waals surface area contributed by atoms with Crippen molar-refractivity contribution in [2.75, 3.05) is 44.7 Å². The Morgan fingerprint density at radius 1 is 1.00 bits per heavy atom. The predicted molar refractivity (Wildman–Crippen MR) is 120 cm³/mol. The van der Waals surface area contributed by atoms with Gasteiger partial charge >= 0.3 is 5.97 Å². The zero-order chi connectivity index (χ0) is 20.6. The second kappa shape index (κ2) is 8.07. The molecule has 2 bridgehead atoms. The van der Waals surface area contributed by atoms with Crippen LogP contribution < -0.4 is 4.90 Å². The fourth-order valence-electron chi connectivity index (χ4n) is 6.20. The lowest BCUT2D eigenvalue weighted by molar-refractivity contribution is -0.945. The Balaban J connectivity index is 1.34. The number of anilines is 2. The highest BCUT2D eigenvalue weighted by Crippen LogP contribution is 2.39. The minimum atomic E-state index is 0.0114. The number of carbonyl (C=O) groups is 1. The van der Waals surface area contributed by atoms with Crippen LogP contribution in [0.2, 0.25) is 0 Å². The third kappa shape index (κ3) is 3.51. The first-order chi connectivity index (χ1) is 14.7. The summed E-state index contributed by atoms with van der Waals surface area (Å²) in [6, 6.07) is 17.8. The van der Waals surface area contributed by atoms with Gasteiger partial charge in [-0.3, -0.25) is 4.79 Å². The summed E-state index contributed by atoms with van der Waals surface area (Å²) < 4.78 is 6.23. The van der Waals surface area contributed by atoms with Crippen LogP contribution in [-0.4, -0.2) is 50.3 Å². The third-order valence-electron chi connectivity index (χ3n) is 7.85. The molecule has 1 atom stereocenters. The van der Waals surface area contributed by atoms with Gasteiger partial charge in [0.2, 0.25) is 0 Å². The molecule has 0 aromatic heterocycles. The van der Waals surface area contributed by atoms with Gasteiger partial charge in [-0.15, -0.1) is 0 Å². The number of aryl methyl sites for hydroxylation is 2. The van der Waals surface area contributed by atoms with E-state index in [0.717, 1.165) is 43.4 Å². The highest BCUT2D eigenvalue weighted by molar-refractivity contribution is 5.73. The van der Waals surface area contributed by atoms with Crippen molar-refractivity contribution in [2.45, 2.75) is 32.1 Å². The van der Waals surface area contributed by atoms with Crippen molar-refractivity contribution in [3.05, 3.63) is 59.7 Å². The molecule has 3 saturated heterocycles. The number of benzene rings is 2. The summed E-state index contributed by atoms with van der Waals surface area (Å²) in [6.45, 7) is 5.61. The minimum Gasteiger partial charge on any atom is -0.469 e. The molecule has 3 fully saturated rings. The number of ether oxygens (including phenoxy) is 1. The number of hydrogen-bond donors (Lipinski definition) is 0. The number of para-hydroxylation sites is 2. The number of esters is 1. The Bertz CT molecular complexity index is 869. The molecule has 2 aromatic rings. The van der Waals surface area contributed by atoms with Crippen molar-refractivity contribution in [2.24, 2.45) is 11.8 Å². The molecule has 4 heteroatoms. The molecule has 4 nitrogen and oxygen atoms in total. The van der Waals surface area contributed by atoms with Crippen LogP contribution in [0.25, 0.3) is 0 Å². The van der Waals surface area contributed by atoms with Gasteiger partial charge in [0.25, 0.3) is 0 Å². The molecule has 4 heterocycles. The van der Waals surface area contributed by atoms with Crippen LogP contribution in [0.15, 0.2) is 48.5 Å². The lowest BCUT2D eigenvalue weighted by Crippen LogP contribution is -2.63. The maximum Gasteiger partial charge on any atom is 0.314 e. The topological polar surface area (TPSA) is 29.5 Å². The Kier molecular flexibility index (Phi) is 5.28. The number of fused-ring (bicyclic) bond motifs is 5. The normalized spacial score (nSPS) is 27.2. The van der Waals surface area contributed by atoms with Gasteiger partial charge in [0, 0.05) is 37.2 Å². The molecule has 0 radical (unpaired) electrons. The molecular weight excluding hydrogens is 372 g/mol. The quantitative estimate of drug-likeness (QED) is 0.547. The predicted octanol–water partition coefficient (Wildman–Crippen LogP) is 4.34. The average molecular weight is 406 g/mol. The minimum absolute atomic E-state index is 0.0114. The van der Waals surface area contributed by atoms with Gasteiger partial charge in [-0.1, -0.05) is 36.4 Å². The van der Waals surface area contributed by atoms with Crippen molar-refractivity contribution >= 4 is 17.3 Å². The molecular formula is C26H33N2O2+. The molecule has 4 aliphatic rings. The summed E-state index contributed by atoms with van der Waals surface area (Å²) in [5, 5.41) is 0. The zero-order valence-electron chi connectivity index (χ0n) is 18.1. The van der Waals surface area contributed by atoms with Gasteiger partial charge in [0.05, 0.1) is 33.3 Å². The van der Waals surface area contributed by atoms with Crippen LogP contribution in [0.3, 0.4) is 0 Å². The standard InChI is InChI=1S/C26H33N2O2/c1-30-26(29)23-19-28(17-13-20(23)14-18-28)16-6-15-27-24-9-4-2-7-21(24)11-12-22-8-3-5-10-25(22)27/h2-5,7-10,20,23H,6,11-19H2,1H3/q+1. The van der Waals surface area contributed by atoms with Crippen LogP contribution >= 0.6 is 0 Å². The first kappa shape index (κ1) is 19.6. The van der Waals surface area contributed by atoms with Crippen LogP contribution in [0.4, 0.5) is 11.4 Å². The van der Waals surface area contributed by atoms with Gasteiger partial charge in [0.1, 0.15) is 5.92 Å². The molecule has 0 saturated carbocycles. The van der Waals surface area contributed by atoms with Crippen LogP contribution in [0.5, 0.6) is 0 Å². The Morgan fingerprint density at radius 2 is 1.60 bits per heavy atom. The van der Waals surface area contributed by atoms with E-state index in [4.69, 9.17) is 4.74 Å². The van der Waals surface area contributed by atoms with Gasteiger partial charge in [-0.2, -0.15) is 0 Å². The summed E-state index contributed by atoms with van der Waals surface area (Å²) in [4.78, 5) is 14.8. The molecule has 1 unspecified atom stereocenters. The SMILES string of the molecule is COC(=O)C1C[N+]2(CCCN3c4ccccc4CCc4ccccc43)CCC1CC2. The van der Waals surface area contributed by atoms with Crippen LogP contribution in [-0.2, 0) is 22.4 Å². The Hall–Kier alpha value is -2.33. The van der Waals surface area contributed by atoms with Crippen molar-refractivity contribution in [1.29, 1.82) is 0 Å². The lowest BCUT2D eigenvalue weighted by Gasteiger charge is -2.52. The number of methoxy groups -OCH3 is 1. The third-order valence-corrected chi connectivity index (χ3v) is 7.85. The number of piperidine rings is 3. The molecule has 0 amide bonds. The molecule has 2 aromatic carbocycles. The van der Waals surface area contributed by atoms with E-state index in [-0.39, 0.29) is 11.9 Å². The Labute approximate surface area is 180 Å². The highest BCUT2D eigenvalue weighted by atomic mass is 16.5. The molecule has 0 N–H and O–H groups in total. The van der Waals surface area contributed by atoms with Crippen molar-refractivity contribution in [3.63, 3.8) is 0 Å². The number of quaternary nitrogens is 1. The summed E-state index contributed by atoms with van der Waals surface area (Å²) >= 11 is 0. The highest BCUT2D eigenvalue weighted by Gasteiger charge is 2.48. The summed E-state index contributed by atoms with van der Waals surface area (Å²) in [5.74, 6) is 0.663. The second-order valence-corrected chi connectivity index (χ2v) is 9.42. The van der Waals surface area contributed by atoms with Gasteiger partial charge in [-0.25, -0.2) is 0 Å². The van der Waals surface area contributed by atoms with E-state index in [9.17, 15) is 4.79 Å². The van der Waals surface area contributed by atoms with E-state index in [2.05, 4.69) is 53.4 Å². The molecule has 158 valence electrons. The zero-order valence-corrected chi connectivity index (χ0v) is 18.1. The van der Waals surface area contributed by atoms with E-state index in [1.807, 2.05) is 0 Å². The van der Waals surface area contributed by atoms with Crippen molar-refractivity contribution < 1.29 is 14.0 Å². The summed E-state index contributed by atoms with van der Waals surface area (Å²) in [6.07, 6.45) is 5.70. The molecule has 0 aliphatic carbocycles. The summed E-state index contributed by atoms with van der Waals surface area (Å²) in [5.41, 5.74) is 5.63. The van der Waals surface area contributed by atoms with E-state index in [0.29, 0.717) is 5.92 Å². The molecule has 0 spiro atoms. The van der Waals surface area contributed by atoms with E-state index in [1.54, 1.807) is 7.11 Å². The smallest absolute Gasteiger partial charge is 0.314 e. The molecule has 6 rings (SSSR count). The van der Waals surface area contributed by atoms with E-state index >= 15 is 0 Å². The number of nitrogens with zero attached hydrogens (tertiary/aromatic N) is 2. The van der Waals surface area contributed by atoms with Gasteiger partial charge < -0.3 is 14.1 Å². The maximum atomic E-state index is 12.3. The number of carbonyl (C=O) groups excluding carboxylic acids is 1. The fourth-order valence-corrected chi connectivity index (χ4v) is 6.20. The summed E-state index contributed by atoms with van der Waals surface area (Å²) in [7, 11) is 1.54. The van der Waals surface area contributed by atoms with Gasteiger partial charge in [-0.05, 0) is 42.0 Å². The lowest BCUT2D eigenvalue weighted by atomic mass is 9.77. The maximum absolute atomic E-state index is 12.3. The molecule has 4 aliphatic heterocycles. The Morgan fingerprint density at radius 3 is 2.20 bits per heavy atom. The first-order valence-electron chi connectivity index (χ1n) is 11.6. The number of rotatable bonds is 5.